The third-order valence-electron chi connectivity index (χ3n) is 2.91. The number of hydrogen-bond donors (Lipinski definition) is 2. The smallest absolute Gasteiger partial charge is 0.220 e. The summed E-state index contributed by atoms with van der Waals surface area (Å²) in [5, 5.41) is 2.96. The van der Waals surface area contributed by atoms with Crippen molar-refractivity contribution in [3.05, 3.63) is 29.8 Å². The van der Waals surface area contributed by atoms with Crippen LogP contribution in [0, 0.1) is 5.92 Å². The fourth-order valence-corrected chi connectivity index (χ4v) is 1.61. The molecule has 2 rings (SSSR count). The summed E-state index contributed by atoms with van der Waals surface area (Å²) in [6.07, 6.45) is 3.91. The molecule has 0 saturated heterocycles. The number of aryl methyl sites for hydroxylation is 1. The SMILES string of the molecule is Nc1ccc(CCC(=O)NCC2CC2)cc1. The molecule has 1 aliphatic rings. The Kier molecular flexibility index (Phi) is 3.44. The van der Waals surface area contributed by atoms with E-state index < -0.39 is 0 Å². The van der Waals surface area contributed by atoms with Crippen molar-refractivity contribution in [2.75, 3.05) is 12.3 Å². The quantitative estimate of drug-likeness (QED) is 0.739. The molecule has 0 atom stereocenters. The van der Waals surface area contributed by atoms with E-state index in [1.54, 1.807) is 0 Å². The van der Waals surface area contributed by atoms with Gasteiger partial charge in [-0.15, -0.1) is 0 Å². The number of nitrogens with one attached hydrogen (secondary N) is 1. The van der Waals surface area contributed by atoms with Crippen LogP contribution < -0.4 is 11.1 Å². The van der Waals surface area contributed by atoms with Crippen LogP contribution >= 0.6 is 0 Å². The Morgan fingerprint density at radius 2 is 2.00 bits per heavy atom. The average Bonchev–Trinajstić information content (AvgIpc) is 3.09. The van der Waals surface area contributed by atoms with Crippen molar-refractivity contribution in [2.45, 2.75) is 25.7 Å². The molecule has 0 spiro atoms. The highest BCUT2D eigenvalue weighted by atomic mass is 16.1. The molecular formula is C13H18N2O. The second-order valence-corrected chi connectivity index (χ2v) is 4.49. The molecule has 3 heteroatoms. The topological polar surface area (TPSA) is 55.1 Å². The molecule has 1 saturated carbocycles. The van der Waals surface area contributed by atoms with Gasteiger partial charge in [0.15, 0.2) is 0 Å². The van der Waals surface area contributed by atoms with Gasteiger partial charge in [0.2, 0.25) is 5.91 Å². The standard InChI is InChI=1S/C13H18N2O/c14-12-6-3-10(4-7-12)5-8-13(16)15-9-11-1-2-11/h3-4,6-7,11H,1-2,5,8-9,14H2,(H,15,16). The predicted octanol–water partition coefficient (Wildman–Crippen LogP) is 1.73. The van der Waals surface area contributed by atoms with Crippen molar-refractivity contribution in [1.29, 1.82) is 0 Å². The zero-order chi connectivity index (χ0) is 11.4. The minimum atomic E-state index is 0.156. The summed E-state index contributed by atoms with van der Waals surface area (Å²) < 4.78 is 0. The summed E-state index contributed by atoms with van der Waals surface area (Å²) in [5.74, 6) is 0.907. The van der Waals surface area contributed by atoms with E-state index >= 15 is 0 Å². The molecule has 1 aromatic carbocycles. The van der Waals surface area contributed by atoms with Crippen molar-refractivity contribution in [1.82, 2.24) is 5.32 Å². The van der Waals surface area contributed by atoms with Gasteiger partial charge in [-0.2, -0.15) is 0 Å². The number of amides is 1. The maximum Gasteiger partial charge on any atom is 0.220 e. The number of rotatable bonds is 5. The lowest BCUT2D eigenvalue weighted by Gasteiger charge is -2.04. The second-order valence-electron chi connectivity index (χ2n) is 4.49. The summed E-state index contributed by atoms with van der Waals surface area (Å²) >= 11 is 0. The van der Waals surface area contributed by atoms with Gasteiger partial charge in [-0.3, -0.25) is 4.79 Å². The number of nitrogen functional groups attached to an aromatic ring is 1. The molecule has 1 fully saturated rings. The maximum absolute atomic E-state index is 11.5. The van der Waals surface area contributed by atoms with E-state index in [0.29, 0.717) is 6.42 Å². The third-order valence-corrected chi connectivity index (χ3v) is 2.91. The third kappa shape index (κ3) is 3.57. The van der Waals surface area contributed by atoms with Crippen LogP contribution in [0.4, 0.5) is 5.69 Å². The molecule has 0 aliphatic heterocycles. The van der Waals surface area contributed by atoms with Gasteiger partial charge in [0, 0.05) is 18.7 Å². The lowest BCUT2D eigenvalue weighted by molar-refractivity contribution is -0.121. The Bertz CT molecular complexity index is 355. The van der Waals surface area contributed by atoms with Gasteiger partial charge in [-0.1, -0.05) is 12.1 Å². The van der Waals surface area contributed by atoms with Gasteiger partial charge in [0.1, 0.15) is 0 Å². The molecule has 86 valence electrons. The van der Waals surface area contributed by atoms with Gasteiger partial charge in [0.05, 0.1) is 0 Å². The van der Waals surface area contributed by atoms with E-state index in [1.165, 1.54) is 12.8 Å². The maximum atomic E-state index is 11.5. The highest BCUT2D eigenvalue weighted by molar-refractivity contribution is 5.76. The normalized spacial score (nSPS) is 14.8. The van der Waals surface area contributed by atoms with Crippen molar-refractivity contribution in [3.63, 3.8) is 0 Å². The number of carbonyl (C=O) groups excluding carboxylic acids is 1. The van der Waals surface area contributed by atoms with Crippen LogP contribution in [-0.4, -0.2) is 12.5 Å². The van der Waals surface area contributed by atoms with Crippen LogP contribution in [0.25, 0.3) is 0 Å². The van der Waals surface area contributed by atoms with Crippen LogP contribution in [0.3, 0.4) is 0 Å². The molecule has 3 N–H and O–H groups in total. The second kappa shape index (κ2) is 5.01. The molecule has 3 nitrogen and oxygen atoms in total. The zero-order valence-electron chi connectivity index (χ0n) is 9.41. The molecule has 16 heavy (non-hydrogen) atoms. The minimum Gasteiger partial charge on any atom is -0.399 e. The summed E-state index contributed by atoms with van der Waals surface area (Å²) in [5.41, 5.74) is 7.52. The Balaban J connectivity index is 1.69. The van der Waals surface area contributed by atoms with E-state index in [-0.39, 0.29) is 5.91 Å². The molecule has 0 heterocycles. The molecule has 1 amide bonds. The van der Waals surface area contributed by atoms with Crippen molar-refractivity contribution < 1.29 is 4.79 Å². The number of anilines is 1. The van der Waals surface area contributed by atoms with E-state index in [2.05, 4.69) is 5.32 Å². The molecule has 0 radical (unpaired) electrons. The van der Waals surface area contributed by atoms with Gasteiger partial charge >= 0.3 is 0 Å². The van der Waals surface area contributed by atoms with Gasteiger partial charge in [0.25, 0.3) is 0 Å². The van der Waals surface area contributed by atoms with E-state index in [9.17, 15) is 4.79 Å². The lowest BCUT2D eigenvalue weighted by atomic mass is 10.1. The van der Waals surface area contributed by atoms with Crippen LogP contribution in [0.5, 0.6) is 0 Å². The zero-order valence-corrected chi connectivity index (χ0v) is 9.41. The first-order valence-corrected chi connectivity index (χ1v) is 5.85. The Morgan fingerprint density at radius 1 is 1.31 bits per heavy atom. The van der Waals surface area contributed by atoms with E-state index in [4.69, 9.17) is 5.73 Å². The first kappa shape index (κ1) is 11.0. The number of hydrogen-bond acceptors (Lipinski definition) is 2. The molecular weight excluding hydrogens is 200 g/mol. The first-order valence-electron chi connectivity index (χ1n) is 5.85. The summed E-state index contributed by atoms with van der Waals surface area (Å²) in [6.45, 7) is 0.862. The Labute approximate surface area is 96.0 Å². The van der Waals surface area contributed by atoms with Crippen LogP contribution in [0.15, 0.2) is 24.3 Å². The Hall–Kier alpha value is -1.51. The van der Waals surface area contributed by atoms with Gasteiger partial charge in [-0.25, -0.2) is 0 Å². The fraction of sp³-hybridized carbons (Fsp3) is 0.462. The van der Waals surface area contributed by atoms with Crippen molar-refractivity contribution >= 4 is 11.6 Å². The largest absolute Gasteiger partial charge is 0.399 e. The number of benzene rings is 1. The highest BCUT2D eigenvalue weighted by Crippen LogP contribution is 2.27. The first-order chi connectivity index (χ1) is 7.74. The monoisotopic (exact) mass is 218 g/mol. The minimum absolute atomic E-state index is 0.156. The van der Waals surface area contributed by atoms with Crippen LogP contribution in [0.2, 0.25) is 0 Å². The number of nitrogens with two attached hydrogens (primary N) is 1. The van der Waals surface area contributed by atoms with Crippen molar-refractivity contribution in [3.8, 4) is 0 Å². The molecule has 0 aromatic heterocycles. The average molecular weight is 218 g/mol. The molecule has 1 aliphatic carbocycles. The van der Waals surface area contributed by atoms with Gasteiger partial charge in [-0.05, 0) is 42.9 Å². The number of carbonyl (C=O) groups is 1. The lowest BCUT2D eigenvalue weighted by Crippen LogP contribution is -2.25. The Morgan fingerprint density at radius 3 is 2.62 bits per heavy atom. The van der Waals surface area contributed by atoms with Gasteiger partial charge < -0.3 is 11.1 Å². The van der Waals surface area contributed by atoms with Crippen LogP contribution in [-0.2, 0) is 11.2 Å². The van der Waals surface area contributed by atoms with Crippen molar-refractivity contribution in [2.24, 2.45) is 5.92 Å². The summed E-state index contributed by atoms with van der Waals surface area (Å²) in [4.78, 5) is 11.5. The fourth-order valence-electron chi connectivity index (χ4n) is 1.61. The summed E-state index contributed by atoms with van der Waals surface area (Å²) in [7, 11) is 0. The van der Waals surface area contributed by atoms with Crippen LogP contribution in [0.1, 0.15) is 24.8 Å². The highest BCUT2D eigenvalue weighted by Gasteiger charge is 2.21. The molecule has 0 unspecified atom stereocenters. The molecule has 0 bridgehead atoms. The summed E-state index contributed by atoms with van der Waals surface area (Å²) in [6, 6.07) is 7.70. The van der Waals surface area contributed by atoms with E-state index in [1.807, 2.05) is 24.3 Å². The molecule has 1 aromatic rings. The van der Waals surface area contributed by atoms with E-state index in [0.717, 1.165) is 30.1 Å². The predicted molar refractivity (Wildman–Crippen MR) is 64.9 cm³/mol.